The largest absolute Gasteiger partial charge is 0.462 e. The fraction of sp³-hybridized carbons (Fsp3) is 0.125. The summed E-state index contributed by atoms with van der Waals surface area (Å²) in [5.41, 5.74) is 1.90. The lowest BCUT2D eigenvalue weighted by Crippen LogP contribution is -2.14. The van der Waals surface area contributed by atoms with Gasteiger partial charge < -0.3 is 15.4 Å². The first kappa shape index (κ1) is 23.0. The number of anilines is 2. The van der Waals surface area contributed by atoms with Crippen molar-refractivity contribution in [1.29, 1.82) is 0 Å². The number of rotatable bonds is 8. The predicted molar refractivity (Wildman–Crippen MR) is 123 cm³/mol. The smallest absolute Gasteiger partial charge is 0.338 e. The minimum absolute atomic E-state index is 0.162. The predicted octanol–water partition coefficient (Wildman–Crippen LogP) is 4.99. The van der Waals surface area contributed by atoms with Crippen LogP contribution in [0.3, 0.4) is 0 Å². The van der Waals surface area contributed by atoms with E-state index < -0.39 is 11.8 Å². The summed E-state index contributed by atoms with van der Waals surface area (Å²) in [7, 11) is 0. The highest BCUT2D eigenvalue weighted by Crippen LogP contribution is 2.22. The number of hydrogen-bond acceptors (Lipinski definition) is 5. The van der Waals surface area contributed by atoms with Gasteiger partial charge in [0, 0.05) is 21.8 Å². The number of halogens is 1. The van der Waals surface area contributed by atoms with E-state index in [-0.39, 0.29) is 17.6 Å². The maximum atomic E-state index is 13.0. The van der Waals surface area contributed by atoms with Crippen LogP contribution in [0.2, 0.25) is 0 Å². The van der Waals surface area contributed by atoms with Crippen LogP contribution in [0.15, 0.2) is 77.7 Å². The molecule has 2 amide bonds. The van der Waals surface area contributed by atoms with Crippen molar-refractivity contribution in [1.82, 2.24) is 0 Å². The van der Waals surface area contributed by atoms with Crippen LogP contribution in [0.5, 0.6) is 0 Å². The average molecular weight is 453 g/mol. The Morgan fingerprint density at radius 1 is 0.875 bits per heavy atom. The summed E-state index contributed by atoms with van der Waals surface area (Å²) in [5, 5.41) is 5.53. The quantitative estimate of drug-likeness (QED) is 0.372. The molecule has 6 nitrogen and oxygen atoms in total. The van der Waals surface area contributed by atoms with E-state index in [1.54, 1.807) is 49.4 Å². The van der Waals surface area contributed by atoms with Gasteiger partial charge in [-0.3, -0.25) is 9.59 Å². The highest BCUT2D eigenvalue weighted by Gasteiger charge is 2.09. The molecule has 0 aromatic heterocycles. The Kier molecular flexibility index (Phi) is 7.99. The molecule has 0 aliphatic heterocycles. The highest BCUT2D eigenvalue weighted by molar-refractivity contribution is 8.00. The summed E-state index contributed by atoms with van der Waals surface area (Å²) in [6.45, 7) is 2.03. The molecular weight excluding hydrogens is 431 g/mol. The molecule has 3 aromatic carbocycles. The molecule has 0 aliphatic carbocycles. The van der Waals surface area contributed by atoms with Crippen LogP contribution in [0.4, 0.5) is 15.8 Å². The Morgan fingerprint density at radius 3 is 2.25 bits per heavy atom. The van der Waals surface area contributed by atoms with Gasteiger partial charge in [-0.1, -0.05) is 6.07 Å². The number of esters is 1. The van der Waals surface area contributed by atoms with Crippen LogP contribution in [0.25, 0.3) is 0 Å². The average Bonchev–Trinajstić information content (AvgIpc) is 2.79. The monoisotopic (exact) mass is 452 g/mol. The van der Waals surface area contributed by atoms with Gasteiger partial charge in [0.15, 0.2) is 0 Å². The second-order valence-corrected chi connectivity index (χ2v) is 7.67. The van der Waals surface area contributed by atoms with E-state index in [0.29, 0.717) is 29.1 Å². The van der Waals surface area contributed by atoms with Gasteiger partial charge in [-0.05, 0) is 73.7 Å². The minimum atomic E-state index is -0.410. The highest BCUT2D eigenvalue weighted by atomic mass is 32.2. The van der Waals surface area contributed by atoms with Crippen molar-refractivity contribution < 1.29 is 23.5 Å². The molecule has 3 rings (SSSR count). The first-order valence-electron chi connectivity index (χ1n) is 9.81. The van der Waals surface area contributed by atoms with Gasteiger partial charge in [0.2, 0.25) is 5.91 Å². The fourth-order valence-corrected chi connectivity index (χ4v) is 3.47. The maximum absolute atomic E-state index is 13.0. The number of carbonyl (C=O) groups excluding carboxylic acids is 3. The van der Waals surface area contributed by atoms with Crippen LogP contribution in [-0.4, -0.2) is 30.1 Å². The molecule has 0 unspecified atom stereocenters. The zero-order valence-corrected chi connectivity index (χ0v) is 18.1. The van der Waals surface area contributed by atoms with Crippen molar-refractivity contribution >= 4 is 40.9 Å². The van der Waals surface area contributed by atoms with Crippen LogP contribution in [-0.2, 0) is 9.53 Å². The van der Waals surface area contributed by atoms with E-state index in [2.05, 4.69) is 10.6 Å². The Bertz CT molecular complexity index is 1100. The van der Waals surface area contributed by atoms with Crippen molar-refractivity contribution in [2.45, 2.75) is 11.8 Å². The first-order chi connectivity index (χ1) is 15.4. The van der Waals surface area contributed by atoms with Crippen LogP contribution < -0.4 is 10.6 Å². The summed E-state index contributed by atoms with van der Waals surface area (Å²) >= 11 is 1.31. The third-order valence-electron chi connectivity index (χ3n) is 4.25. The normalized spacial score (nSPS) is 10.3. The lowest BCUT2D eigenvalue weighted by Gasteiger charge is -2.09. The van der Waals surface area contributed by atoms with Crippen molar-refractivity contribution in [3.8, 4) is 0 Å². The Labute approximate surface area is 189 Å². The third kappa shape index (κ3) is 6.68. The second kappa shape index (κ2) is 11.1. The molecule has 0 aliphatic rings. The third-order valence-corrected chi connectivity index (χ3v) is 5.24. The Morgan fingerprint density at radius 2 is 1.56 bits per heavy atom. The van der Waals surface area contributed by atoms with Gasteiger partial charge >= 0.3 is 5.97 Å². The summed E-state index contributed by atoms with van der Waals surface area (Å²) in [4.78, 5) is 37.0. The van der Waals surface area contributed by atoms with Gasteiger partial charge in [-0.2, -0.15) is 0 Å². The van der Waals surface area contributed by atoms with Gasteiger partial charge in [0.25, 0.3) is 5.91 Å². The first-order valence-corrected chi connectivity index (χ1v) is 10.8. The number of benzene rings is 3. The van der Waals surface area contributed by atoms with E-state index in [9.17, 15) is 18.8 Å². The molecule has 0 fully saturated rings. The molecule has 0 heterocycles. The van der Waals surface area contributed by atoms with E-state index in [4.69, 9.17) is 4.74 Å². The molecule has 0 spiro atoms. The van der Waals surface area contributed by atoms with Crippen LogP contribution in [0.1, 0.15) is 27.6 Å². The maximum Gasteiger partial charge on any atom is 0.338 e. The lowest BCUT2D eigenvalue weighted by molar-refractivity contribution is -0.113. The number of amides is 2. The topological polar surface area (TPSA) is 84.5 Å². The fourth-order valence-electron chi connectivity index (χ4n) is 2.72. The Balaban J connectivity index is 1.52. The number of hydrogen-bond donors (Lipinski definition) is 2. The van der Waals surface area contributed by atoms with Crippen LogP contribution in [0, 0.1) is 5.82 Å². The lowest BCUT2D eigenvalue weighted by atomic mass is 10.2. The van der Waals surface area contributed by atoms with E-state index in [1.807, 2.05) is 6.07 Å². The van der Waals surface area contributed by atoms with E-state index in [0.717, 1.165) is 4.90 Å². The number of nitrogens with one attached hydrogen (secondary N) is 2. The standard InChI is InChI=1S/C24H21FN2O4S/c1-2-31-24(30)17-8-12-19(13-9-17)26-22(28)15-32-21-5-3-4-20(14-21)27-23(29)16-6-10-18(25)11-7-16/h3-14H,2,15H2,1H3,(H,26,28)(H,27,29). The number of thioether (sulfide) groups is 1. The molecule has 2 N–H and O–H groups in total. The van der Waals surface area contributed by atoms with Crippen LogP contribution >= 0.6 is 11.8 Å². The van der Waals surface area contributed by atoms with Crippen molar-refractivity contribution in [2.24, 2.45) is 0 Å². The van der Waals surface area contributed by atoms with Crippen molar-refractivity contribution in [2.75, 3.05) is 23.0 Å². The van der Waals surface area contributed by atoms with Crippen molar-refractivity contribution in [3.05, 3.63) is 89.7 Å². The van der Waals surface area contributed by atoms with Gasteiger partial charge in [-0.25, -0.2) is 9.18 Å². The summed E-state index contributed by atoms with van der Waals surface area (Å²) in [6.07, 6.45) is 0. The molecule has 0 radical (unpaired) electrons. The zero-order valence-electron chi connectivity index (χ0n) is 17.3. The van der Waals surface area contributed by atoms with Gasteiger partial charge in [0.1, 0.15) is 5.82 Å². The molecular formula is C24H21FN2O4S. The van der Waals surface area contributed by atoms with Gasteiger partial charge in [-0.15, -0.1) is 11.8 Å². The zero-order chi connectivity index (χ0) is 22.9. The summed E-state index contributed by atoms with van der Waals surface area (Å²) in [6, 6.07) is 18.8. The molecule has 0 saturated heterocycles. The van der Waals surface area contributed by atoms with Gasteiger partial charge in [0.05, 0.1) is 17.9 Å². The molecule has 32 heavy (non-hydrogen) atoms. The Hall–Kier alpha value is -3.65. The molecule has 8 heteroatoms. The summed E-state index contributed by atoms with van der Waals surface area (Å²) in [5.74, 6) is -1.22. The van der Waals surface area contributed by atoms with E-state index >= 15 is 0 Å². The minimum Gasteiger partial charge on any atom is -0.462 e. The number of ether oxygens (including phenoxy) is 1. The molecule has 164 valence electrons. The SMILES string of the molecule is CCOC(=O)c1ccc(NC(=O)CSc2cccc(NC(=O)c3ccc(F)cc3)c2)cc1. The molecule has 0 bridgehead atoms. The number of carbonyl (C=O) groups is 3. The molecule has 0 atom stereocenters. The molecule has 0 saturated carbocycles. The van der Waals surface area contributed by atoms with E-state index in [1.165, 1.54) is 36.0 Å². The van der Waals surface area contributed by atoms with Crippen molar-refractivity contribution in [3.63, 3.8) is 0 Å². The second-order valence-electron chi connectivity index (χ2n) is 6.62. The molecule has 3 aromatic rings. The summed E-state index contributed by atoms with van der Waals surface area (Å²) < 4.78 is 17.9.